The molecular formula is C23H30F3N3O2. The van der Waals surface area contributed by atoms with E-state index in [1.165, 1.54) is 17.0 Å². The second kappa shape index (κ2) is 10.2. The van der Waals surface area contributed by atoms with E-state index >= 15 is 0 Å². The Labute approximate surface area is 181 Å². The third-order valence-electron chi connectivity index (χ3n) is 4.81. The lowest BCUT2D eigenvalue weighted by Crippen LogP contribution is -2.67. The molecule has 1 aliphatic heterocycles. The van der Waals surface area contributed by atoms with Gasteiger partial charge in [-0.25, -0.2) is 13.2 Å². The highest BCUT2D eigenvalue weighted by Gasteiger charge is 2.44. The first-order valence-electron chi connectivity index (χ1n) is 10.4. The highest BCUT2D eigenvalue weighted by Crippen LogP contribution is 2.31. The quantitative estimate of drug-likeness (QED) is 0.628. The highest BCUT2D eigenvalue weighted by molar-refractivity contribution is 6.01. The highest BCUT2D eigenvalue weighted by atomic mass is 19.2. The molecule has 3 N–H and O–H groups in total. The van der Waals surface area contributed by atoms with Crippen molar-refractivity contribution in [2.24, 2.45) is 0 Å². The van der Waals surface area contributed by atoms with E-state index < -0.39 is 34.6 Å². The third kappa shape index (κ3) is 5.77. The Morgan fingerprint density at radius 1 is 1.13 bits per heavy atom. The van der Waals surface area contributed by atoms with Crippen molar-refractivity contribution in [3.05, 3.63) is 58.9 Å². The number of aryl methyl sites for hydroxylation is 1. The molecule has 0 bridgehead atoms. The molecule has 0 aliphatic carbocycles. The summed E-state index contributed by atoms with van der Waals surface area (Å²) in [7, 11) is 0. The van der Waals surface area contributed by atoms with Crippen molar-refractivity contribution in [3.63, 3.8) is 0 Å². The van der Waals surface area contributed by atoms with Gasteiger partial charge in [0.1, 0.15) is 11.4 Å². The van der Waals surface area contributed by atoms with Crippen molar-refractivity contribution in [2.75, 3.05) is 25.0 Å². The fourth-order valence-corrected chi connectivity index (χ4v) is 3.19. The van der Waals surface area contributed by atoms with Gasteiger partial charge in [0.2, 0.25) is 0 Å². The molecule has 0 atom stereocenters. The number of likely N-dealkylation sites (tertiary alicyclic amines) is 1. The summed E-state index contributed by atoms with van der Waals surface area (Å²) in [6.45, 7) is 10.0. The van der Waals surface area contributed by atoms with Gasteiger partial charge in [-0.05, 0) is 36.8 Å². The number of nitrogens with one attached hydrogen (secondary N) is 2. The van der Waals surface area contributed by atoms with E-state index in [1.54, 1.807) is 13.0 Å². The zero-order chi connectivity index (χ0) is 23.3. The van der Waals surface area contributed by atoms with E-state index in [0.717, 1.165) is 12.1 Å². The topological polar surface area (TPSA) is 64.6 Å². The summed E-state index contributed by atoms with van der Waals surface area (Å²) < 4.78 is 42.5. The number of benzene rings is 2. The van der Waals surface area contributed by atoms with Crippen LogP contribution in [0.15, 0.2) is 30.3 Å². The molecule has 1 amide bonds. The zero-order valence-corrected chi connectivity index (χ0v) is 18.5. The summed E-state index contributed by atoms with van der Waals surface area (Å²) >= 11 is 0. The molecule has 1 heterocycles. The number of anilines is 2. The molecule has 1 saturated heterocycles. The Hall–Kier alpha value is -2.58. The summed E-state index contributed by atoms with van der Waals surface area (Å²) in [4.78, 5) is 14.2. The molecule has 31 heavy (non-hydrogen) atoms. The van der Waals surface area contributed by atoms with Crippen LogP contribution in [0.4, 0.5) is 24.5 Å². The molecule has 0 aromatic heterocycles. The Bertz CT molecular complexity index is 929. The lowest BCUT2D eigenvalue weighted by Gasteiger charge is -2.47. The van der Waals surface area contributed by atoms with Gasteiger partial charge >= 0.3 is 0 Å². The first-order chi connectivity index (χ1) is 14.6. The Kier molecular flexibility index (Phi) is 8.08. The fourth-order valence-electron chi connectivity index (χ4n) is 3.19. The van der Waals surface area contributed by atoms with Gasteiger partial charge in [0.05, 0.1) is 30.0 Å². The monoisotopic (exact) mass is 437 g/mol. The number of carbonyl (C=O) groups is 1. The molecule has 0 unspecified atom stereocenters. The first-order valence-corrected chi connectivity index (χ1v) is 10.4. The van der Waals surface area contributed by atoms with Crippen LogP contribution < -0.4 is 10.6 Å². The Balaban J connectivity index is 0.00000166. The summed E-state index contributed by atoms with van der Waals surface area (Å²) in [5.41, 5.74) is -1.06. The van der Waals surface area contributed by atoms with Crippen LogP contribution in [0.3, 0.4) is 0 Å². The van der Waals surface area contributed by atoms with Crippen LogP contribution in [-0.2, 0) is 0 Å². The number of rotatable bonds is 6. The molecule has 170 valence electrons. The second-order valence-corrected chi connectivity index (χ2v) is 7.81. The number of carbonyl (C=O) groups excluding carboxylic acids is 1. The van der Waals surface area contributed by atoms with Crippen LogP contribution >= 0.6 is 0 Å². The van der Waals surface area contributed by atoms with Gasteiger partial charge in [-0.1, -0.05) is 33.8 Å². The maximum Gasteiger partial charge on any atom is 0.256 e. The number of hydrogen-bond donors (Lipinski definition) is 3. The van der Waals surface area contributed by atoms with Gasteiger partial charge in [0, 0.05) is 12.6 Å². The third-order valence-corrected chi connectivity index (χ3v) is 4.81. The van der Waals surface area contributed by atoms with E-state index in [9.17, 15) is 23.1 Å². The predicted molar refractivity (Wildman–Crippen MR) is 116 cm³/mol. The average molecular weight is 438 g/mol. The van der Waals surface area contributed by atoms with Crippen molar-refractivity contribution in [1.82, 2.24) is 10.2 Å². The summed E-state index contributed by atoms with van der Waals surface area (Å²) in [6.07, 6.45) is 0. The molecule has 0 radical (unpaired) electrons. The molecule has 8 heteroatoms. The molecule has 2 aromatic carbocycles. The maximum absolute atomic E-state index is 14.5. The molecule has 0 spiro atoms. The second-order valence-electron chi connectivity index (χ2n) is 7.81. The van der Waals surface area contributed by atoms with Crippen LogP contribution in [0.1, 0.15) is 43.6 Å². The number of β-amino-alcohol motifs (C(OH)–C–C–N with tert-alkyl or cyclic N) is 1. The molecular weight excluding hydrogens is 407 g/mol. The predicted octanol–water partition coefficient (Wildman–Crippen LogP) is 4.37. The SMILES string of the molecule is CC.Cc1ccc(Nc2c(C(=O)N3CC(O)(CNC(C)C)C3)ccc(F)c2F)c(F)c1. The van der Waals surface area contributed by atoms with Crippen LogP contribution in [0.5, 0.6) is 0 Å². The van der Waals surface area contributed by atoms with Crippen LogP contribution in [0.2, 0.25) is 0 Å². The average Bonchev–Trinajstić information content (AvgIpc) is 2.70. The van der Waals surface area contributed by atoms with E-state index in [1.807, 2.05) is 27.7 Å². The minimum atomic E-state index is -1.27. The van der Waals surface area contributed by atoms with Gasteiger partial charge in [0.25, 0.3) is 5.91 Å². The van der Waals surface area contributed by atoms with Gasteiger partial charge in [-0.2, -0.15) is 0 Å². The Morgan fingerprint density at radius 2 is 1.77 bits per heavy atom. The summed E-state index contributed by atoms with van der Waals surface area (Å²) in [6, 6.07) is 6.43. The number of halogens is 3. The maximum atomic E-state index is 14.5. The number of hydrogen-bond acceptors (Lipinski definition) is 4. The van der Waals surface area contributed by atoms with E-state index in [0.29, 0.717) is 12.1 Å². The van der Waals surface area contributed by atoms with Gasteiger partial charge in [-0.3, -0.25) is 4.79 Å². The minimum Gasteiger partial charge on any atom is -0.385 e. The number of aliphatic hydroxyl groups is 1. The molecule has 5 nitrogen and oxygen atoms in total. The normalized spacial score (nSPS) is 14.6. The molecule has 0 saturated carbocycles. The first kappa shape index (κ1) is 24.7. The van der Waals surface area contributed by atoms with Gasteiger partial charge in [-0.15, -0.1) is 0 Å². The molecule has 1 aliphatic rings. The fraction of sp³-hybridized carbons (Fsp3) is 0.435. The van der Waals surface area contributed by atoms with Crippen molar-refractivity contribution < 1.29 is 23.1 Å². The van der Waals surface area contributed by atoms with Crippen molar-refractivity contribution in [1.29, 1.82) is 0 Å². The standard InChI is InChI=1S/C21H24F3N3O2.C2H6/c1-12(2)25-9-21(29)10-27(11-21)20(28)14-5-6-15(22)18(24)19(14)26-17-7-4-13(3)8-16(17)23;1-2/h4-8,12,25-26,29H,9-11H2,1-3H3;1-2H3. The minimum absolute atomic E-state index is 0.0584. The van der Waals surface area contributed by atoms with Crippen molar-refractivity contribution >= 4 is 17.3 Å². The molecule has 3 rings (SSSR count). The van der Waals surface area contributed by atoms with E-state index in [4.69, 9.17) is 0 Å². The Morgan fingerprint density at radius 3 is 2.35 bits per heavy atom. The van der Waals surface area contributed by atoms with Crippen LogP contribution in [0, 0.1) is 24.4 Å². The van der Waals surface area contributed by atoms with Crippen LogP contribution in [-0.4, -0.2) is 47.2 Å². The van der Waals surface area contributed by atoms with E-state index in [2.05, 4.69) is 10.6 Å². The summed E-state index contributed by atoms with van der Waals surface area (Å²) in [5, 5.41) is 16.1. The largest absolute Gasteiger partial charge is 0.385 e. The number of amides is 1. The van der Waals surface area contributed by atoms with E-state index in [-0.39, 0.29) is 30.4 Å². The van der Waals surface area contributed by atoms with Gasteiger partial charge < -0.3 is 20.6 Å². The van der Waals surface area contributed by atoms with Crippen molar-refractivity contribution in [3.8, 4) is 0 Å². The van der Waals surface area contributed by atoms with Crippen molar-refractivity contribution in [2.45, 2.75) is 46.3 Å². The molecule has 2 aromatic rings. The number of nitrogens with zero attached hydrogens (tertiary/aromatic N) is 1. The van der Waals surface area contributed by atoms with Gasteiger partial charge in [0.15, 0.2) is 11.6 Å². The lowest BCUT2D eigenvalue weighted by atomic mass is 9.92. The lowest BCUT2D eigenvalue weighted by molar-refractivity contribution is -0.0793. The van der Waals surface area contributed by atoms with Crippen LogP contribution in [0.25, 0.3) is 0 Å². The smallest absolute Gasteiger partial charge is 0.256 e. The molecule has 1 fully saturated rings. The zero-order valence-electron chi connectivity index (χ0n) is 18.5. The summed E-state index contributed by atoms with van der Waals surface area (Å²) in [5.74, 6) is -3.65.